The molecule has 4 nitrogen and oxygen atoms in total. The highest BCUT2D eigenvalue weighted by Crippen LogP contribution is 2.33. The molecule has 0 aliphatic heterocycles. The summed E-state index contributed by atoms with van der Waals surface area (Å²) in [5.74, 6) is 0. The van der Waals surface area contributed by atoms with Crippen LogP contribution in [0.4, 0.5) is 5.69 Å². The SMILES string of the molecule is O=Cc1cccc2c(Br)ccc(N([O-])O)c12. The van der Waals surface area contributed by atoms with Crippen LogP contribution in [0, 0.1) is 5.21 Å². The van der Waals surface area contributed by atoms with Crippen molar-refractivity contribution in [3.63, 3.8) is 0 Å². The first kappa shape index (κ1) is 11.1. The highest BCUT2D eigenvalue weighted by molar-refractivity contribution is 9.10. The Bertz CT molecular complexity index is 554. The lowest BCUT2D eigenvalue weighted by Crippen LogP contribution is -2.08. The summed E-state index contributed by atoms with van der Waals surface area (Å²) in [6.45, 7) is 0. The fourth-order valence-electron chi connectivity index (χ4n) is 1.64. The number of hydrogen-bond acceptors (Lipinski definition) is 4. The molecule has 82 valence electrons. The summed E-state index contributed by atoms with van der Waals surface area (Å²) in [4.78, 5) is 10.9. The Morgan fingerprint density at radius 1 is 1.31 bits per heavy atom. The number of benzene rings is 2. The Labute approximate surface area is 99.8 Å². The van der Waals surface area contributed by atoms with E-state index in [0.717, 1.165) is 4.47 Å². The standard InChI is InChI=1S/C11H7BrNO3/c12-9-4-5-10(13(15)16)11-7(6-14)2-1-3-8(9)11/h1-6,15H/q-1. The summed E-state index contributed by atoms with van der Waals surface area (Å²) in [5.41, 5.74) is 0.421. The molecule has 0 amide bonds. The minimum Gasteiger partial charge on any atom is -0.733 e. The van der Waals surface area contributed by atoms with Crippen molar-refractivity contribution in [2.45, 2.75) is 0 Å². The molecule has 0 saturated carbocycles. The van der Waals surface area contributed by atoms with Crippen LogP contribution in [0.5, 0.6) is 0 Å². The van der Waals surface area contributed by atoms with E-state index in [1.807, 2.05) is 0 Å². The van der Waals surface area contributed by atoms with E-state index in [4.69, 9.17) is 5.21 Å². The van der Waals surface area contributed by atoms with E-state index in [2.05, 4.69) is 15.9 Å². The third-order valence-corrected chi connectivity index (χ3v) is 3.02. The number of hydrogen-bond donors (Lipinski definition) is 1. The van der Waals surface area contributed by atoms with Crippen molar-refractivity contribution in [3.8, 4) is 0 Å². The zero-order valence-corrected chi connectivity index (χ0v) is 9.64. The van der Waals surface area contributed by atoms with Gasteiger partial charge in [0.2, 0.25) is 0 Å². The van der Waals surface area contributed by atoms with Crippen molar-refractivity contribution >= 4 is 38.7 Å². The quantitative estimate of drug-likeness (QED) is 0.678. The predicted octanol–water partition coefficient (Wildman–Crippen LogP) is 3.11. The molecule has 0 atom stereocenters. The van der Waals surface area contributed by atoms with Crippen molar-refractivity contribution in [3.05, 3.63) is 45.6 Å². The molecule has 1 N–H and O–H groups in total. The van der Waals surface area contributed by atoms with Crippen LogP contribution < -0.4 is 5.23 Å². The fraction of sp³-hybridized carbons (Fsp3) is 0. The summed E-state index contributed by atoms with van der Waals surface area (Å²) in [6, 6.07) is 8.17. The minimum absolute atomic E-state index is 0.0564. The number of carbonyl (C=O) groups is 1. The Balaban J connectivity index is 2.93. The number of nitrogens with zero attached hydrogens (tertiary/aromatic N) is 1. The zero-order chi connectivity index (χ0) is 11.7. The van der Waals surface area contributed by atoms with Crippen molar-refractivity contribution < 1.29 is 10.0 Å². The fourth-order valence-corrected chi connectivity index (χ4v) is 2.10. The lowest BCUT2D eigenvalue weighted by atomic mass is 10.0. The average molecular weight is 281 g/mol. The third-order valence-electron chi connectivity index (χ3n) is 2.33. The number of carbonyl (C=O) groups excluding carboxylic acids is 1. The van der Waals surface area contributed by atoms with Gasteiger partial charge in [0.05, 0.1) is 5.69 Å². The monoisotopic (exact) mass is 280 g/mol. The molecule has 0 unspecified atom stereocenters. The number of anilines is 1. The maximum absolute atomic E-state index is 11.0. The van der Waals surface area contributed by atoms with Gasteiger partial charge in [-0.1, -0.05) is 34.1 Å². The number of aldehydes is 1. The number of fused-ring (bicyclic) bond motifs is 1. The van der Waals surface area contributed by atoms with Crippen LogP contribution in [0.2, 0.25) is 0 Å². The summed E-state index contributed by atoms with van der Waals surface area (Å²) in [6.07, 6.45) is 0.655. The molecule has 0 aromatic heterocycles. The lowest BCUT2D eigenvalue weighted by Gasteiger charge is -2.24. The summed E-state index contributed by atoms with van der Waals surface area (Å²) in [5, 5.41) is 20.9. The molecule has 0 aliphatic rings. The molecular formula is C11H7BrNO3-. The molecule has 2 aromatic rings. The minimum atomic E-state index is -0.234. The van der Waals surface area contributed by atoms with Gasteiger partial charge in [-0.15, -0.1) is 0 Å². The van der Waals surface area contributed by atoms with E-state index < -0.39 is 0 Å². The van der Waals surface area contributed by atoms with Gasteiger partial charge in [-0.05, 0) is 17.5 Å². The molecule has 0 saturated heterocycles. The van der Waals surface area contributed by atoms with E-state index in [1.165, 1.54) is 6.07 Å². The maximum atomic E-state index is 11.0. The smallest absolute Gasteiger partial charge is 0.150 e. The van der Waals surface area contributed by atoms with Crippen molar-refractivity contribution in [2.75, 3.05) is 5.23 Å². The highest BCUT2D eigenvalue weighted by Gasteiger charge is 2.08. The van der Waals surface area contributed by atoms with Gasteiger partial charge in [0, 0.05) is 15.4 Å². The van der Waals surface area contributed by atoms with E-state index in [-0.39, 0.29) is 10.9 Å². The van der Waals surface area contributed by atoms with Crippen molar-refractivity contribution in [1.82, 2.24) is 0 Å². The zero-order valence-electron chi connectivity index (χ0n) is 8.05. The first-order chi connectivity index (χ1) is 7.65. The first-order valence-electron chi connectivity index (χ1n) is 4.47. The van der Waals surface area contributed by atoms with Crippen LogP contribution in [0.15, 0.2) is 34.8 Å². The summed E-state index contributed by atoms with van der Waals surface area (Å²) < 4.78 is 0.761. The van der Waals surface area contributed by atoms with E-state index in [0.29, 0.717) is 22.6 Å². The second kappa shape index (κ2) is 4.21. The largest absolute Gasteiger partial charge is 0.733 e. The molecule has 0 aliphatic carbocycles. The van der Waals surface area contributed by atoms with Gasteiger partial charge in [-0.2, -0.15) is 0 Å². The van der Waals surface area contributed by atoms with E-state index >= 15 is 0 Å². The molecule has 0 radical (unpaired) electrons. The highest BCUT2D eigenvalue weighted by atomic mass is 79.9. The molecule has 0 bridgehead atoms. The van der Waals surface area contributed by atoms with Gasteiger partial charge in [-0.3, -0.25) is 10.0 Å². The second-order valence-electron chi connectivity index (χ2n) is 3.23. The molecule has 0 spiro atoms. The Morgan fingerprint density at radius 2 is 2.06 bits per heavy atom. The third kappa shape index (κ3) is 1.69. The van der Waals surface area contributed by atoms with Gasteiger partial charge in [0.1, 0.15) is 0 Å². The Hall–Kier alpha value is -1.43. The molecule has 2 rings (SSSR count). The maximum Gasteiger partial charge on any atom is 0.150 e. The van der Waals surface area contributed by atoms with Gasteiger partial charge in [-0.25, -0.2) is 0 Å². The first-order valence-corrected chi connectivity index (χ1v) is 5.27. The van der Waals surface area contributed by atoms with Gasteiger partial charge >= 0.3 is 0 Å². The second-order valence-corrected chi connectivity index (χ2v) is 4.08. The summed E-state index contributed by atoms with van der Waals surface area (Å²) >= 11 is 3.33. The van der Waals surface area contributed by atoms with Gasteiger partial charge < -0.3 is 10.4 Å². The molecular weight excluding hydrogens is 274 g/mol. The van der Waals surface area contributed by atoms with Crippen LogP contribution >= 0.6 is 15.9 Å². The molecule has 5 heteroatoms. The number of halogens is 1. The van der Waals surface area contributed by atoms with Crippen LogP contribution in [-0.4, -0.2) is 11.5 Å². The summed E-state index contributed by atoms with van der Waals surface area (Å²) in [7, 11) is 0. The average Bonchev–Trinajstić information content (AvgIpc) is 2.28. The van der Waals surface area contributed by atoms with E-state index in [1.54, 1.807) is 24.3 Å². The van der Waals surface area contributed by atoms with E-state index in [9.17, 15) is 10.0 Å². The topological polar surface area (TPSA) is 63.6 Å². The Morgan fingerprint density at radius 3 is 2.69 bits per heavy atom. The van der Waals surface area contributed by atoms with Crippen LogP contribution in [0.3, 0.4) is 0 Å². The lowest BCUT2D eigenvalue weighted by molar-refractivity contribution is 0.112. The predicted molar refractivity (Wildman–Crippen MR) is 64.7 cm³/mol. The van der Waals surface area contributed by atoms with Crippen LogP contribution in [-0.2, 0) is 0 Å². The Kier molecular flexibility index (Phi) is 2.91. The van der Waals surface area contributed by atoms with Crippen molar-refractivity contribution in [1.29, 1.82) is 0 Å². The molecule has 0 fully saturated rings. The normalized spacial score (nSPS) is 10.4. The number of rotatable bonds is 2. The van der Waals surface area contributed by atoms with Crippen LogP contribution in [0.1, 0.15) is 10.4 Å². The van der Waals surface area contributed by atoms with Gasteiger partial charge in [0.25, 0.3) is 0 Å². The molecule has 16 heavy (non-hydrogen) atoms. The van der Waals surface area contributed by atoms with Crippen molar-refractivity contribution in [2.24, 2.45) is 0 Å². The van der Waals surface area contributed by atoms with Crippen LogP contribution in [0.25, 0.3) is 10.8 Å². The molecule has 0 heterocycles. The molecule has 2 aromatic carbocycles. The van der Waals surface area contributed by atoms with Gasteiger partial charge in [0.15, 0.2) is 6.29 Å².